The van der Waals surface area contributed by atoms with E-state index in [1.165, 1.54) is 18.9 Å². The van der Waals surface area contributed by atoms with Crippen molar-refractivity contribution in [2.75, 3.05) is 31.1 Å². The molecule has 1 aromatic rings. The van der Waals surface area contributed by atoms with Crippen molar-refractivity contribution in [1.82, 2.24) is 10.6 Å². The van der Waals surface area contributed by atoms with Crippen molar-refractivity contribution in [2.24, 2.45) is 11.8 Å². The van der Waals surface area contributed by atoms with Crippen molar-refractivity contribution >= 4 is 11.6 Å². The van der Waals surface area contributed by atoms with Gasteiger partial charge in [-0.1, -0.05) is 6.92 Å². The Kier molecular flexibility index (Phi) is 6.52. The fourth-order valence-corrected chi connectivity index (χ4v) is 4.40. The zero-order chi connectivity index (χ0) is 18.5. The lowest BCUT2D eigenvalue weighted by molar-refractivity contribution is -0.123. The van der Waals surface area contributed by atoms with Crippen molar-refractivity contribution < 1.29 is 9.18 Å². The van der Waals surface area contributed by atoms with Gasteiger partial charge in [0.15, 0.2) is 0 Å². The van der Waals surface area contributed by atoms with Crippen LogP contribution in [0, 0.1) is 24.6 Å². The van der Waals surface area contributed by atoms with Gasteiger partial charge in [0.05, 0.1) is 0 Å². The molecule has 3 rings (SSSR count). The molecule has 0 saturated carbocycles. The number of hydrogen-bond acceptors (Lipinski definition) is 3. The summed E-state index contributed by atoms with van der Waals surface area (Å²) in [5.41, 5.74) is 2.03. The van der Waals surface area contributed by atoms with Crippen molar-refractivity contribution in [3.8, 4) is 0 Å². The Bertz CT molecular complexity index is 615. The van der Waals surface area contributed by atoms with Gasteiger partial charge in [0, 0.05) is 31.2 Å². The van der Waals surface area contributed by atoms with Gasteiger partial charge in [-0.15, -0.1) is 0 Å². The van der Waals surface area contributed by atoms with Crippen LogP contribution in [0.1, 0.15) is 44.6 Å². The van der Waals surface area contributed by atoms with Crippen molar-refractivity contribution in [3.63, 3.8) is 0 Å². The highest BCUT2D eigenvalue weighted by atomic mass is 19.1. The van der Waals surface area contributed by atoms with Crippen LogP contribution in [0.4, 0.5) is 10.1 Å². The smallest absolute Gasteiger partial charge is 0.220 e. The van der Waals surface area contributed by atoms with E-state index in [1.807, 2.05) is 13.0 Å². The molecule has 1 amide bonds. The molecule has 0 radical (unpaired) electrons. The van der Waals surface area contributed by atoms with Gasteiger partial charge in [-0.2, -0.15) is 0 Å². The maximum atomic E-state index is 13.4. The molecular weight excluding hydrogens is 329 g/mol. The number of aryl methyl sites for hydroxylation is 1. The first-order valence-electron chi connectivity index (χ1n) is 10.0. The number of carbonyl (C=O) groups excluding carboxylic acids is 1. The molecule has 2 aliphatic heterocycles. The van der Waals surface area contributed by atoms with Gasteiger partial charge >= 0.3 is 0 Å². The number of carbonyl (C=O) groups is 1. The molecule has 2 fully saturated rings. The minimum Gasteiger partial charge on any atom is -0.369 e. The highest BCUT2D eigenvalue weighted by molar-refractivity contribution is 5.76. The summed E-state index contributed by atoms with van der Waals surface area (Å²) in [6.07, 6.45) is 5.11. The van der Waals surface area contributed by atoms with E-state index in [1.54, 1.807) is 6.07 Å². The fourth-order valence-electron chi connectivity index (χ4n) is 4.40. The standard InChI is InChI=1S/C21H32FN3O/c1-15(17-5-3-9-23-13-17)12-21(26)24-19-6-4-10-25(14-19)20-8-7-18(22)11-16(20)2/h7-8,11,15,17,19,23H,3-6,9-10,12-14H2,1-2H3,(H,24,26). The second-order valence-corrected chi connectivity index (χ2v) is 8.07. The number of nitrogens with zero attached hydrogens (tertiary/aromatic N) is 1. The van der Waals surface area contributed by atoms with E-state index in [-0.39, 0.29) is 17.8 Å². The maximum Gasteiger partial charge on any atom is 0.220 e. The molecule has 2 aliphatic rings. The van der Waals surface area contributed by atoms with Crippen LogP contribution in [0.25, 0.3) is 0 Å². The average molecular weight is 362 g/mol. The molecule has 3 atom stereocenters. The normalized spacial score (nSPS) is 25.0. The first kappa shape index (κ1) is 19.2. The second-order valence-electron chi connectivity index (χ2n) is 8.07. The third kappa shape index (κ3) is 4.97. The highest BCUT2D eigenvalue weighted by Gasteiger charge is 2.25. The summed E-state index contributed by atoms with van der Waals surface area (Å²) in [4.78, 5) is 14.8. The second kappa shape index (κ2) is 8.85. The third-order valence-corrected chi connectivity index (χ3v) is 5.93. The summed E-state index contributed by atoms with van der Waals surface area (Å²) in [6.45, 7) is 8.05. The Balaban J connectivity index is 1.52. The van der Waals surface area contributed by atoms with E-state index in [9.17, 15) is 9.18 Å². The quantitative estimate of drug-likeness (QED) is 0.846. The van der Waals surface area contributed by atoms with E-state index in [4.69, 9.17) is 0 Å². The van der Waals surface area contributed by atoms with Gasteiger partial charge in [0.2, 0.25) is 5.91 Å². The Hall–Kier alpha value is -1.62. The molecule has 1 aromatic carbocycles. The van der Waals surface area contributed by atoms with Crippen LogP contribution >= 0.6 is 0 Å². The van der Waals surface area contributed by atoms with Crippen LogP contribution in [0.3, 0.4) is 0 Å². The van der Waals surface area contributed by atoms with Crippen LogP contribution in [0.5, 0.6) is 0 Å². The molecule has 2 saturated heterocycles. The van der Waals surface area contributed by atoms with E-state index in [2.05, 4.69) is 22.5 Å². The molecule has 4 nitrogen and oxygen atoms in total. The molecule has 2 heterocycles. The topological polar surface area (TPSA) is 44.4 Å². The SMILES string of the molecule is Cc1cc(F)ccc1N1CCCC(NC(=O)CC(C)C2CCCNC2)C1. The molecule has 144 valence electrons. The first-order chi connectivity index (χ1) is 12.5. The Morgan fingerprint density at radius 2 is 2.23 bits per heavy atom. The summed E-state index contributed by atoms with van der Waals surface area (Å²) in [5.74, 6) is 1.01. The number of benzene rings is 1. The van der Waals surface area contributed by atoms with Gasteiger partial charge in [-0.25, -0.2) is 4.39 Å². The molecule has 5 heteroatoms. The van der Waals surface area contributed by atoms with Gasteiger partial charge in [-0.3, -0.25) is 4.79 Å². The largest absolute Gasteiger partial charge is 0.369 e. The first-order valence-corrected chi connectivity index (χ1v) is 10.0. The molecule has 0 bridgehead atoms. The number of halogens is 1. The van der Waals surface area contributed by atoms with Crippen LogP contribution < -0.4 is 15.5 Å². The zero-order valence-electron chi connectivity index (χ0n) is 16.1. The van der Waals surface area contributed by atoms with E-state index in [0.29, 0.717) is 18.3 Å². The molecular formula is C21H32FN3O. The predicted octanol–water partition coefficient (Wildman–Crippen LogP) is 3.24. The lowest BCUT2D eigenvalue weighted by atomic mass is 9.85. The monoisotopic (exact) mass is 361 g/mol. The third-order valence-electron chi connectivity index (χ3n) is 5.93. The lowest BCUT2D eigenvalue weighted by Crippen LogP contribution is -2.48. The van der Waals surface area contributed by atoms with Crippen LogP contribution in [-0.4, -0.2) is 38.1 Å². The number of nitrogens with one attached hydrogen (secondary N) is 2. The minimum atomic E-state index is -0.195. The van der Waals surface area contributed by atoms with Crippen molar-refractivity contribution in [3.05, 3.63) is 29.6 Å². The summed E-state index contributed by atoms with van der Waals surface area (Å²) >= 11 is 0. The summed E-state index contributed by atoms with van der Waals surface area (Å²) in [7, 11) is 0. The molecule has 0 aliphatic carbocycles. The summed E-state index contributed by atoms with van der Waals surface area (Å²) in [5, 5.41) is 6.68. The van der Waals surface area contributed by atoms with E-state index >= 15 is 0 Å². The average Bonchev–Trinajstić information content (AvgIpc) is 2.62. The Morgan fingerprint density at radius 3 is 2.96 bits per heavy atom. The van der Waals surface area contributed by atoms with Crippen LogP contribution in [0.15, 0.2) is 18.2 Å². The Labute approximate surface area is 156 Å². The minimum absolute atomic E-state index is 0.172. The summed E-state index contributed by atoms with van der Waals surface area (Å²) < 4.78 is 13.4. The number of rotatable bonds is 5. The van der Waals surface area contributed by atoms with Crippen molar-refractivity contribution in [2.45, 2.75) is 52.0 Å². The zero-order valence-corrected chi connectivity index (χ0v) is 16.1. The lowest BCUT2D eigenvalue weighted by Gasteiger charge is -2.36. The molecule has 2 N–H and O–H groups in total. The fraction of sp³-hybridized carbons (Fsp3) is 0.667. The van der Waals surface area contributed by atoms with E-state index in [0.717, 1.165) is 50.3 Å². The van der Waals surface area contributed by atoms with Crippen LogP contribution in [0.2, 0.25) is 0 Å². The van der Waals surface area contributed by atoms with Gasteiger partial charge in [0.1, 0.15) is 5.82 Å². The Morgan fingerprint density at radius 1 is 1.38 bits per heavy atom. The van der Waals surface area contributed by atoms with Crippen molar-refractivity contribution in [1.29, 1.82) is 0 Å². The van der Waals surface area contributed by atoms with Gasteiger partial charge in [0.25, 0.3) is 0 Å². The molecule has 26 heavy (non-hydrogen) atoms. The predicted molar refractivity (Wildman–Crippen MR) is 104 cm³/mol. The van der Waals surface area contributed by atoms with Gasteiger partial charge < -0.3 is 15.5 Å². The summed E-state index contributed by atoms with van der Waals surface area (Å²) in [6, 6.07) is 5.13. The highest BCUT2D eigenvalue weighted by Crippen LogP contribution is 2.25. The number of piperidine rings is 2. The molecule has 0 aromatic heterocycles. The number of hydrogen-bond donors (Lipinski definition) is 2. The number of anilines is 1. The molecule has 0 spiro atoms. The van der Waals surface area contributed by atoms with E-state index < -0.39 is 0 Å². The molecule has 3 unspecified atom stereocenters. The van der Waals surface area contributed by atoms with Gasteiger partial charge in [-0.05, 0) is 81.3 Å². The maximum absolute atomic E-state index is 13.4. The number of amides is 1. The van der Waals surface area contributed by atoms with Crippen LogP contribution in [-0.2, 0) is 4.79 Å².